The lowest BCUT2D eigenvalue weighted by Crippen LogP contribution is -2.49. The molecule has 0 saturated heterocycles. The molecule has 6 nitrogen and oxygen atoms in total. The van der Waals surface area contributed by atoms with Crippen molar-refractivity contribution < 1.29 is 23.4 Å². The fraction of sp³-hybridized carbons (Fsp3) is 0.200. The van der Waals surface area contributed by atoms with Gasteiger partial charge in [-0.1, -0.05) is 30.3 Å². The third-order valence-electron chi connectivity index (χ3n) is 4.97. The Kier molecular flexibility index (Phi) is 3.09. The second-order valence-corrected chi connectivity index (χ2v) is 6.30. The average Bonchev–Trinajstić information content (AvgIpc) is 2.66. The van der Waals surface area contributed by atoms with Crippen LogP contribution in [0.15, 0.2) is 57.7 Å². The second-order valence-electron chi connectivity index (χ2n) is 6.30. The normalized spacial score (nSPS) is 22.6. The maximum atomic E-state index is 12.8. The van der Waals surface area contributed by atoms with Crippen LogP contribution >= 0.6 is 0 Å². The van der Waals surface area contributed by atoms with Gasteiger partial charge >= 0.3 is 11.6 Å². The fourth-order valence-corrected chi connectivity index (χ4v) is 3.86. The Morgan fingerprint density at radius 3 is 2.65 bits per heavy atom. The highest BCUT2D eigenvalue weighted by Crippen LogP contribution is 2.51. The Hall–Kier alpha value is -3.28. The zero-order valence-corrected chi connectivity index (χ0v) is 13.8. The number of fused-ring (bicyclic) bond motifs is 8. The van der Waals surface area contributed by atoms with E-state index < -0.39 is 29.7 Å². The third-order valence-corrected chi connectivity index (χ3v) is 4.97. The van der Waals surface area contributed by atoms with Crippen molar-refractivity contribution in [1.82, 2.24) is 0 Å². The number of ether oxygens (including phenoxy) is 3. The molecular weight excluding hydrogens is 336 g/mol. The summed E-state index contributed by atoms with van der Waals surface area (Å²) < 4.78 is 22.4. The molecule has 2 aromatic carbocycles. The Morgan fingerprint density at radius 2 is 1.81 bits per heavy atom. The molecule has 0 N–H and O–H groups in total. The molecule has 0 radical (unpaired) electrons. The number of carbonyl (C=O) groups is 1. The Morgan fingerprint density at radius 1 is 1.04 bits per heavy atom. The van der Waals surface area contributed by atoms with Crippen LogP contribution < -0.4 is 15.1 Å². The van der Waals surface area contributed by atoms with Crippen molar-refractivity contribution in [2.75, 3.05) is 7.11 Å². The van der Waals surface area contributed by atoms with Gasteiger partial charge in [0.25, 0.3) is 6.29 Å². The monoisotopic (exact) mass is 350 g/mol. The molecule has 2 aliphatic heterocycles. The van der Waals surface area contributed by atoms with Crippen LogP contribution in [0, 0.1) is 5.92 Å². The van der Waals surface area contributed by atoms with Gasteiger partial charge in [0, 0.05) is 11.5 Å². The molecular formula is C20H14O6. The minimum absolute atomic E-state index is 0.325. The molecule has 6 heteroatoms. The summed E-state index contributed by atoms with van der Waals surface area (Å²) in [6.07, 6.45) is -0.875. The minimum atomic E-state index is -0.875. The van der Waals surface area contributed by atoms with Crippen molar-refractivity contribution in [2.24, 2.45) is 5.92 Å². The Labute approximate surface area is 147 Å². The molecule has 5 rings (SSSR count). The SMILES string of the molecule is COC(=O)C1[C@@H]2Oc3ccccc3[C@H]1c1c(c3ccccc3oc1=O)O2. The number of carbonyl (C=O) groups excluding carboxylic acids is 1. The smallest absolute Gasteiger partial charge is 0.343 e. The molecule has 130 valence electrons. The molecule has 0 spiro atoms. The molecule has 2 bridgehead atoms. The number of esters is 1. The zero-order valence-electron chi connectivity index (χ0n) is 13.8. The maximum absolute atomic E-state index is 12.8. The van der Waals surface area contributed by atoms with Gasteiger partial charge in [-0.25, -0.2) is 4.79 Å². The highest BCUT2D eigenvalue weighted by molar-refractivity contribution is 5.87. The van der Waals surface area contributed by atoms with Crippen molar-refractivity contribution in [3.63, 3.8) is 0 Å². The molecule has 1 unspecified atom stereocenters. The van der Waals surface area contributed by atoms with Gasteiger partial charge < -0.3 is 18.6 Å². The maximum Gasteiger partial charge on any atom is 0.343 e. The summed E-state index contributed by atoms with van der Waals surface area (Å²) in [5, 5.41) is 0.670. The van der Waals surface area contributed by atoms with Crippen molar-refractivity contribution in [3.05, 3.63) is 70.1 Å². The summed E-state index contributed by atoms with van der Waals surface area (Å²) in [5.41, 5.74) is 0.976. The molecule has 1 aromatic heterocycles. The third kappa shape index (κ3) is 1.92. The summed E-state index contributed by atoms with van der Waals surface area (Å²) in [4.78, 5) is 25.3. The standard InChI is InChI=1S/C20H14O6/c1-23-18(21)16-14-10-6-2-4-8-12(10)25-20(16)26-17-11-7-3-5-9-13(11)24-19(22)15(14)17/h2-9,14,16,20H,1H3/t14-,16?,20+/m0/s1. The van der Waals surface area contributed by atoms with E-state index in [0.29, 0.717) is 28.0 Å². The van der Waals surface area contributed by atoms with Gasteiger partial charge in [-0.05, 0) is 18.2 Å². The minimum Gasteiger partial charge on any atom is -0.469 e. The van der Waals surface area contributed by atoms with E-state index >= 15 is 0 Å². The summed E-state index contributed by atoms with van der Waals surface area (Å²) in [7, 11) is 1.31. The van der Waals surface area contributed by atoms with Gasteiger partial charge in [-0.2, -0.15) is 0 Å². The van der Waals surface area contributed by atoms with Gasteiger partial charge in [-0.15, -0.1) is 0 Å². The van der Waals surface area contributed by atoms with Crippen LogP contribution in [0.2, 0.25) is 0 Å². The van der Waals surface area contributed by atoms with Crippen molar-refractivity contribution in [2.45, 2.75) is 12.2 Å². The molecule has 26 heavy (non-hydrogen) atoms. The van der Waals surface area contributed by atoms with E-state index in [1.165, 1.54) is 7.11 Å². The van der Waals surface area contributed by atoms with E-state index in [9.17, 15) is 9.59 Å². The average molecular weight is 350 g/mol. The fourth-order valence-electron chi connectivity index (χ4n) is 3.86. The van der Waals surface area contributed by atoms with E-state index in [1.54, 1.807) is 18.2 Å². The molecule has 0 aliphatic carbocycles. The molecule has 3 heterocycles. The first-order valence-electron chi connectivity index (χ1n) is 8.25. The molecule has 0 fully saturated rings. The predicted molar refractivity (Wildman–Crippen MR) is 91.3 cm³/mol. The first kappa shape index (κ1) is 15.0. The number of benzene rings is 2. The first-order chi connectivity index (χ1) is 12.7. The van der Waals surface area contributed by atoms with Crippen LogP contribution in [-0.2, 0) is 9.53 Å². The first-order valence-corrected chi connectivity index (χ1v) is 8.25. The quantitative estimate of drug-likeness (QED) is 0.496. The summed E-state index contributed by atoms with van der Waals surface area (Å²) >= 11 is 0. The highest BCUT2D eigenvalue weighted by atomic mass is 16.7. The number of hydrogen-bond acceptors (Lipinski definition) is 6. The van der Waals surface area contributed by atoms with Crippen LogP contribution in [0.5, 0.6) is 11.5 Å². The second kappa shape index (κ2) is 5.36. The largest absolute Gasteiger partial charge is 0.469 e. The van der Waals surface area contributed by atoms with Crippen molar-refractivity contribution >= 4 is 16.9 Å². The lowest BCUT2D eigenvalue weighted by molar-refractivity contribution is -0.161. The van der Waals surface area contributed by atoms with Crippen molar-refractivity contribution in [1.29, 1.82) is 0 Å². The van der Waals surface area contributed by atoms with E-state index in [1.807, 2.05) is 30.3 Å². The summed E-state index contributed by atoms with van der Waals surface area (Å²) in [6.45, 7) is 0. The molecule has 2 aliphatic rings. The molecule has 3 atom stereocenters. The lowest BCUT2D eigenvalue weighted by atomic mass is 9.76. The van der Waals surface area contributed by atoms with Crippen LogP contribution in [0.3, 0.4) is 0 Å². The molecule has 0 saturated carbocycles. The van der Waals surface area contributed by atoms with E-state index in [4.69, 9.17) is 18.6 Å². The Bertz CT molecular complexity index is 1100. The summed E-state index contributed by atoms with van der Waals surface area (Å²) in [6, 6.07) is 14.4. The van der Waals surface area contributed by atoms with Crippen LogP contribution in [0.1, 0.15) is 17.0 Å². The van der Waals surface area contributed by atoms with E-state index in [0.717, 1.165) is 5.56 Å². The summed E-state index contributed by atoms with van der Waals surface area (Å²) in [5.74, 6) is -0.844. The number of hydrogen-bond donors (Lipinski definition) is 0. The van der Waals surface area contributed by atoms with Crippen LogP contribution in [0.25, 0.3) is 11.0 Å². The van der Waals surface area contributed by atoms with Crippen molar-refractivity contribution in [3.8, 4) is 11.5 Å². The number of methoxy groups -OCH3 is 1. The van der Waals surface area contributed by atoms with Gasteiger partial charge in [-0.3, -0.25) is 4.79 Å². The number of para-hydroxylation sites is 2. The molecule has 0 amide bonds. The topological polar surface area (TPSA) is 75.0 Å². The Balaban J connectivity index is 1.86. The zero-order chi connectivity index (χ0) is 17.8. The van der Waals surface area contributed by atoms with Gasteiger partial charge in [0.1, 0.15) is 23.0 Å². The van der Waals surface area contributed by atoms with E-state index in [2.05, 4.69) is 0 Å². The lowest BCUT2D eigenvalue weighted by Gasteiger charge is -2.41. The highest BCUT2D eigenvalue weighted by Gasteiger charge is 2.52. The van der Waals surface area contributed by atoms with E-state index in [-0.39, 0.29) is 0 Å². The van der Waals surface area contributed by atoms with Gasteiger partial charge in [0.05, 0.1) is 18.1 Å². The van der Waals surface area contributed by atoms with Gasteiger partial charge in [0.15, 0.2) is 0 Å². The van der Waals surface area contributed by atoms with Gasteiger partial charge in [0.2, 0.25) is 0 Å². The van der Waals surface area contributed by atoms with Crippen LogP contribution in [0.4, 0.5) is 0 Å². The number of rotatable bonds is 1. The molecule has 3 aromatic rings. The van der Waals surface area contributed by atoms with Crippen LogP contribution in [-0.4, -0.2) is 19.4 Å². The predicted octanol–water partition coefficient (Wildman–Crippen LogP) is 2.83.